The maximum absolute atomic E-state index is 12.0. The molecular weight excluding hydrogens is 236 g/mol. The van der Waals surface area contributed by atoms with Gasteiger partial charge in [0.15, 0.2) is 5.60 Å². The molecule has 0 saturated carbocycles. The highest BCUT2D eigenvalue weighted by atomic mass is 16.5. The Morgan fingerprint density at radius 2 is 2.33 bits per heavy atom. The third-order valence-electron chi connectivity index (χ3n) is 3.00. The Hall–Kier alpha value is -1.89. The van der Waals surface area contributed by atoms with E-state index >= 15 is 0 Å². The first-order valence-electron chi connectivity index (χ1n) is 5.70. The number of amides is 2. The van der Waals surface area contributed by atoms with E-state index in [1.54, 1.807) is 35.0 Å². The Labute approximate surface area is 104 Å². The predicted molar refractivity (Wildman–Crippen MR) is 62.4 cm³/mol. The lowest BCUT2D eigenvalue weighted by atomic mass is 10.0. The summed E-state index contributed by atoms with van der Waals surface area (Å²) in [6.07, 6.45) is 3.33. The SMILES string of the molecule is C[C@]1(C(N)=O)CN(C(=O)Cn2cccn2)CCO1. The van der Waals surface area contributed by atoms with Crippen molar-refractivity contribution in [3.05, 3.63) is 18.5 Å². The molecule has 2 N–H and O–H groups in total. The van der Waals surface area contributed by atoms with E-state index < -0.39 is 11.5 Å². The van der Waals surface area contributed by atoms with Crippen molar-refractivity contribution in [2.24, 2.45) is 5.73 Å². The van der Waals surface area contributed by atoms with E-state index in [-0.39, 0.29) is 19.0 Å². The highest BCUT2D eigenvalue weighted by Crippen LogP contribution is 2.17. The molecule has 98 valence electrons. The standard InChI is InChI=1S/C11H16N4O3/c1-11(10(12)17)8-14(5-6-18-11)9(16)7-15-4-2-3-13-15/h2-4H,5-8H2,1H3,(H2,12,17)/t11-/m1/s1. The molecule has 2 amide bonds. The molecule has 18 heavy (non-hydrogen) atoms. The van der Waals surface area contributed by atoms with Crippen LogP contribution in [0.2, 0.25) is 0 Å². The molecule has 2 rings (SSSR count). The van der Waals surface area contributed by atoms with Crippen molar-refractivity contribution in [2.45, 2.75) is 19.1 Å². The summed E-state index contributed by atoms with van der Waals surface area (Å²) in [7, 11) is 0. The fourth-order valence-corrected chi connectivity index (χ4v) is 1.86. The molecule has 0 unspecified atom stereocenters. The van der Waals surface area contributed by atoms with E-state index in [2.05, 4.69) is 5.10 Å². The number of ether oxygens (including phenoxy) is 1. The largest absolute Gasteiger partial charge is 0.367 e. The van der Waals surface area contributed by atoms with Gasteiger partial charge in [-0.25, -0.2) is 0 Å². The van der Waals surface area contributed by atoms with Gasteiger partial charge in [-0.1, -0.05) is 0 Å². The van der Waals surface area contributed by atoms with Crippen molar-refractivity contribution in [1.29, 1.82) is 0 Å². The minimum Gasteiger partial charge on any atom is -0.367 e. The van der Waals surface area contributed by atoms with E-state index in [1.165, 1.54) is 0 Å². The van der Waals surface area contributed by atoms with Crippen LogP contribution in [0.5, 0.6) is 0 Å². The van der Waals surface area contributed by atoms with Crippen LogP contribution in [0.1, 0.15) is 6.92 Å². The van der Waals surface area contributed by atoms with Crippen LogP contribution in [0.4, 0.5) is 0 Å². The number of nitrogens with two attached hydrogens (primary N) is 1. The summed E-state index contributed by atoms with van der Waals surface area (Å²) in [5, 5.41) is 3.97. The Morgan fingerprint density at radius 3 is 2.94 bits per heavy atom. The number of carbonyl (C=O) groups excluding carboxylic acids is 2. The zero-order valence-corrected chi connectivity index (χ0v) is 10.2. The second-order valence-corrected chi connectivity index (χ2v) is 4.46. The van der Waals surface area contributed by atoms with E-state index in [0.29, 0.717) is 13.2 Å². The van der Waals surface area contributed by atoms with Crippen molar-refractivity contribution >= 4 is 11.8 Å². The minimum absolute atomic E-state index is 0.102. The molecule has 0 radical (unpaired) electrons. The van der Waals surface area contributed by atoms with Crippen molar-refractivity contribution in [1.82, 2.24) is 14.7 Å². The molecule has 1 aliphatic rings. The van der Waals surface area contributed by atoms with Gasteiger partial charge in [0.1, 0.15) is 6.54 Å². The first kappa shape index (κ1) is 12.6. The molecule has 1 aromatic rings. The second kappa shape index (κ2) is 4.77. The minimum atomic E-state index is -1.10. The molecule has 0 aromatic carbocycles. The third-order valence-corrected chi connectivity index (χ3v) is 3.00. The van der Waals surface area contributed by atoms with Gasteiger partial charge in [0.25, 0.3) is 5.91 Å². The first-order chi connectivity index (χ1) is 8.51. The summed E-state index contributed by atoms with van der Waals surface area (Å²) in [5.74, 6) is -0.659. The summed E-state index contributed by atoms with van der Waals surface area (Å²) < 4.78 is 6.89. The Morgan fingerprint density at radius 1 is 1.56 bits per heavy atom. The smallest absolute Gasteiger partial charge is 0.251 e. The van der Waals surface area contributed by atoms with Gasteiger partial charge < -0.3 is 15.4 Å². The van der Waals surface area contributed by atoms with Gasteiger partial charge in [0, 0.05) is 18.9 Å². The zero-order chi connectivity index (χ0) is 13.2. The van der Waals surface area contributed by atoms with Crippen LogP contribution in [0.15, 0.2) is 18.5 Å². The second-order valence-electron chi connectivity index (χ2n) is 4.46. The van der Waals surface area contributed by atoms with Crippen LogP contribution in [-0.4, -0.2) is 51.8 Å². The van der Waals surface area contributed by atoms with E-state index in [1.807, 2.05) is 0 Å². The number of morpholine rings is 1. The van der Waals surface area contributed by atoms with Crippen LogP contribution in [-0.2, 0) is 20.9 Å². The van der Waals surface area contributed by atoms with Gasteiger partial charge in [-0.15, -0.1) is 0 Å². The maximum Gasteiger partial charge on any atom is 0.251 e. The normalized spacial score (nSPS) is 23.9. The molecule has 1 aromatic heterocycles. The fourth-order valence-electron chi connectivity index (χ4n) is 1.86. The molecule has 0 aliphatic carbocycles. The van der Waals surface area contributed by atoms with Gasteiger partial charge in [-0.3, -0.25) is 14.3 Å². The topological polar surface area (TPSA) is 90.5 Å². The van der Waals surface area contributed by atoms with Crippen molar-refractivity contribution in [2.75, 3.05) is 19.7 Å². The number of aromatic nitrogens is 2. The zero-order valence-electron chi connectivity index (χ0n) is 10.2. The quantitative estimate of drug-likeness (QED) is 0.746. The number of rotatable bonds is 3. The summed E-state index contributed by atoms with van der Waals surface area (Å²) in [6, 6.07) is 1.75. The van der Waals surface area contributed by atoms with Gasteiger partial charge >= 0.3 is 0 Å². The van der Waals surface area contributed by atoms with Gasteiger partial charge in [-0.2, -0.15) is 5.10 Å². The van der Waals surface area contributed by atoms with E-state index in [0.717, 1.165) is 0 Å². The predicted octanol–water partition coefficient (Wildman–Crippen LogP) is -1.01. The van der Waals surface area contributed by atoms with E-state index in [4.69, 9.17) is 10.5 Å². The summed E-state index contributed by atoms with van der Waals surface area (Å²) >= 11 is 0. The summed E-state index contributed by atoms with van der Waals surface area (Å²) in [4.78, 5) is 24.9. The average Bonchev–Trinajstić information content (AvgIpc) is 2.81. The number of nitrogens with zero attached hydrogens (tertiary/aromatic N) is 3. The lowest BCUT2D eigenvalue weighted by Gasteiger charge is -2.38. The van der Waals surface area contributed by atoms with Crippen LogP contribution in [0.25, 0.3) is 0 Å². The van der Waals surface area contributed by atoms with Crippen molar-refractivity contribution < 1.29 is 14.3 Å². The maximum atomic E-state index is 12.0. The number of primary amides is 1. The lowest BCUT2D eigenvalue weighted by Crippen LogP contribution is -2.58. The molecule has 2 heterocycles. The monoisotopic (exact) mass is 252 g/mol. The number of hydrogen-bond donors (Lipinski definition) is 1. The van der Waals surface area contributed by atoms with Crippen LogP contribution in [0.3, 0.4) is 0 Å². The van der Waals surface area contributed by atoms with Gasteiger partial charge in [-0.05, 0) is 13.0 Å². The van der Waals surface area contributed by atoms with Crippen molar-refractivity contribution in [3.63, 3.8) is 0 Å². The van der Waals surface area contributed by atoms with Crippen molar-refractivity contribution in [3.8, 4) is 0 Å². The molecule has 7 nitrogen and oxygen atoms in total. The Bertz CT molecular complexity index is 445. The number of carbonyl (C=O) groups is 2. The van der Waals surface area contributed by atoms with Crippen LogP contribution in [0, 0.1) is 0 Å². The lowest BCUT2D eigenvalue weighted by molar-refractivity contribution is -0.160. The highest BCUT2D eigenvalue weighted by molar-refractivity contribution is 5.85. The third kappa shape index (κ3) is 2.51. The average molecular weight is 252 g/mol. The molecule has 0 bridgehead atoms. The molecule has 1 aliphatic heterocycles. The highest BCUT2D eigenvalue weighted by Gasteiger charge is 2.39. The Balaban J connectivity index is 2.00. The molecule has 0 spiro atoms. The molecule has 7 heteroatoms. The van der Waals surface area contributed by atoms with Crippen LogP contribution < -0.4 is 5.73 Å². The fraction of sp³-hybridized carbons (Fsp3) is 0.545. The summed E-state index contributed by atoms with van der Waals surface area (Å²) in [6.45, 7) is 2.71. The number of hydrogen-bond acceptors (Lipinski definition) is 4. The van der Waals surface area contributed by atoms with Gasteiger partial charge in [0.2, 0.25) is 5.91 Å². The molecule has 1 atom stereocenters. The molecular formula is C11H16N4O3. The Kier molecular flexibility index (Phi) is 3.33. The molecule has 1 saturated heterocycles. The van der Waals surface area contributed by atoms with E-state index in [9.17, 15) is 9.59 Å². The molecule has 1 fully saturated rings. The van der Waals surface area contributed by atoms with Gasteiger partial charge in [0.05, 0.1) is 13.2 Å². The van der Waals surface area contributed by atoms with Crippen LogP contribution >= 0.6 is 0 Å². The summed E-state index contributed by atoms with van der Waals surface area (Å²) in [5.41, 5.74) is 4.18. The first-order valence-corrected chi connectivity index (χ1v) is 5.70.